The van der Waals surface area contributed by atoms with Gasteiger partial charge in [-0.15, -0.1) is 0 Å². The summed E-state index contributed by atoms with van der Waals surface area (Å²) in [5.41, 5.74) is 0.0105. The van der Waals surface area contributed by atoms with Gasteiger partial charge in [0.05, 0.1) is 17.6 Å². The van der Waals surface area contributed by atoms with E-state index in [-0.39, 0.29) is 28.3 Å². The van der Waals surface area contributed by atoms with Crippen LogP contribution in [-0.4, -0.2) is 45.5 Å². The standard InChI is InChI=1S/C29H27F3N2O5S/c1-19-18-33(13-14-34(19)22-6-8-23(38-2)9-7-22)40(36,37)24-10-3-20(4-11-24)15-21-5-12-27-25(16-21)26(29(30,31)32)17-28(35)39-27/h3-12,16-17,19H,13-15,18H2,1-2H3. The Hall–Kier alpha value is -3.83. The van der Waals surface area contributed by atoms with Gasteiger partial charge in [-0.25, -0.2) is 13.2 Å². The molecule has 1 aliphatic rings. The van der Waals surface area contributed by atoms with E-state index in [2.05, 4.69) is 4.90 Å². The molecule has 0 bridgehead atoms. The van der Waals surface area contributed by atoms with Gasteiger partial charge in [-0.1, -0.05) is 18.2 Å². The number of rotatable bonds is 6. The molecule has 4 aromatic rings. The maximum absolute atomic E-state index is 13.5. The molecule has 0 saturated carbocycles. The quantitative estimate of drug-likeness (QED) is 0.292. The average molecular weight is 573 g/mol. The molecule has 0 aliphatic carbocycles. The molecule has 0 radical (unpaired) electrons. The maximum atomic E-state index is 13.5. The van der Waals surface area contributed by atoms with E-state index in [1.165, 1.54) is 28.6 Å². The third kappa shape index (κ3) is 5.57. The van der Waals surface area contributed by atoms with E-state index in [9.17, 15) is 26.4 Å². The monoisotopic (exact) mass is 572 g/mol. The van der Waals surface area contributed by atoms with E-state index in [1.54, 1.807) is 25.3 Å². The van der Waals surface area contributed by atoms with Crippen LogP contribution in [-0.2, 0) is 22.6 Å². The van der Waals surface area contributed by atoms with Crippen molar-refractivity contribution in [2.24, 2.45) is 0 Å². The van der Waals surface area contributed by atoms with Gasteiger partial charge in [0.25, 0.3) is 0 Å². The van der Waals surface area contributed by atoms with Crippen molar-refractivity contribution < 1.29 is 30.7 Å². The third-order valence-corrected chi connectivity index (χ3v) is 8.96. The molecule has 1 saturated heterocycles. The minimum absolute atomic E-state index is 0.0462. The Bertz CT molecular complexity index is 1680. The van der Waals surface area contributed by atoms with Gasteiger partial charge in [0, 0.05) is 42.8 Å². The highest BCUT2D eigenvalue weighted by Crippen LogP contribution is 2.34. The van der Waals surface area contributed by atoms with Crippen LogP contribution in [0.15, 0.2) is 86.9 Å². The molecule has 1 aliphatic heterocycles. The second-order valence-corrected chi connectivity index (χ2v) is 11.7. The number of alkyl halides is 3. The first-order valence-electron chi connectivity index (χ1n) is 12.6. The van der Waals surface area contributed by atoms with Gasteiger partial charge in [0.2, 0.25) is 10.0 Å². The molecule has 40 heavy (non-hydrogen) atoms. The normalized spacial score (nSPS) is 16.8. The smallest absolute Gasteiger partial charge is 0.417 e. The van der Waals surface area contributed by atoms with E-state index >= 15 is 0 Å². The molecule has 0 spiro atoms. The van der Waals surface area contributed by atoms with E-state index in [0.717, 1.165) is 17.0 Å². The minimum atomic E-state index is -4.71. The van der Waals surface area contributed by atoms with Gasteiger partial charge in [-0.2, -0.15) is 17.5 Å². The number of hydrogen-bond donors (Lipinski definition) is 0. The number of anilines is 1. The molecular weight excluding hydrogens is 545 g/mol. The zero-order valence-electron chi connectivity index (χ0n) is 21.8. The van der Waals surface area contributed by atoms with Crippen LogP contribution in [0.5, 0.6) is 5.75 Å². The van der Waals surface area contributed by atoms with Crippen LogP contribution in [0.1, 0.15) is 23.6 Å². The lowest BCUT2D eigenvalue weighted by Crippen LogP contribution is -2.53. The van der Waals surface area contributed by atoms with Crippen molar-refractivity contribution in [1.82, 2.24) is 4.31 Å². The lowest BCUT2D eigenvalue weighted by Gasteiger charge is -2.40. The van der Waals surface area contributed by atoms with Gasteiger partial charge in [0.15, 0.2) is 0 Å². The van der Waals surface area contributed by atoms with Crippen molar-refractivity contribution in [3.8, 4) is 5.75 Å². The highest BCUT2D eigenvalue weighted by Gasteiger charge is 2.34. The summed E-state index contributed by atoms with van der Waals surface area (Å²) >= 11 is 0. The molecule has 1 fully saturated rings. The fraction of sp³-hybridized carbons (Fsp3) is 0.276. The van der Waals surface area contributed by atoms with Crippen LogP contribution in [0.4, 0.5) is 18.9 Å². The summed E-state index contributed by atoms with van der Waals surface area (Å²) in [6, 6.07) is 18.7. The van der Waals surface area contributed by atoms with Crippen molar-refractivity contribution in [3.05, 3.63) is 99.9 Å². The Balaban J connectivity index is 1.30. The predicted octanol–water partition coefficient (Wildman–Crippen LogP) is 5.31. The first kappa shape index (κ1) is 27.7. The lowest BCUT2D eigenvalue weighted by molar-refractivity contribution is -0.136. The van der Waals surface area contributed by atoms with E-state index in [1.807, 2.05) is 31.2 Å². The second-order valence-electron chi connectivity index (χ2n) is 9.73. The third-order valence-electron chi connectivity index (χ3n) is 7.08. The van der Waals surface area contributed by atoms with Crippen LogP contribution < -0.4 is 15.3 Å². The number of fused-ring (bicyclic) bond motifs is 1. The van der Waals surface area contributed by atoms with Crippen molar-refractivity contribution in [1.29, 1.82) is 0 Å². The Labute approximate surface area is 229 Å². The average Bonchev–Trinajstić information content (AvgIpc) is 2.92. The zero-order chi connectivity index (χ0) is 28.7. The number of sulfonamides is 1. The number of piperazine rings is 1. The van der Waals surface area contributed by atoms with Crippen LogP contribution in [0.3, 0.4) is 0 Å². The Morgan fingerprint density at radius 3 is 2.25 bits per heavy atom. The highest BCUT2D eigenvalue weighted by atomic mass is 32.2. The first-order chi connectivity index (χ1) is 19.0. The van der Waals surface area contributed by atoms with Gasteiger partial charge in [0.1, 0.15) is 11.3 Å². The fourth-order valence-electron chi connectivity index (χ4n) is 5.02. The first-order valence-corrected chi connectivity index (χ1v) is 14.0. The van der Waals surface area contributed by atoms with Crippen molar-refractivity contribution >= 4 is 26.7 Å². The Morgan fingerprint density at radius 1 is 0.950 bits per heavy atom. The molecule has 1 aromatic heterocycles. The molecule has 0 N–H and O–H groups in total. The van der Waals surface area contributed by atoms with Gasteiger partial charge in [-0.05, 0) is 73.0 Å². The highest BCUT2D eigenvalue weighted by molar-refractivity contribution is 7.89. The zero-order valence-corrected chi connectivity index (χ0v) is 22.6. The number of nitrogens with zero attached hydrogens (tertiary/aromatic N) is 2. The predicted molar refractivity (Wildman–Crippen MR) is 145 cm³/mol. The summed E-state index contributed by atoms with van der Waals surface area (Å²) < 4.78 is 78.8. The van der Waals surface area contributed by atoms with Gasteiger partial charge >= 0.3 is 11.8 Å². The van der Waals surface area contributed by atoms with E-state index < -0.39 is 27.4 Å². The topological polar surface area (TPSA) is 80.1 Å². The summed E-state index contributed by atoms with van der Waals surface area (Å²) in [5.74, 6) is 0.751. The molecule has 7 nitrogen and oxygen atoms in total. The molecule has 0 amide bonds. The van der Waals surface area contributed by atoms with Crippen LogP contribution >= 0.6 is 0 Å². The number of halogens is 3. The molecule has 1 atom stereocenters. The number of methoxy groups -OCH3 is 1. The van der Waals surface area contributed by atoms with Gasteiger partial charge < -0.3 is 14.1 Å². The van der Waals surface area contributed by atoms with E-state index in [0.29, 0.717) is 31.3 Å². The summed E-state index contributed by atoms with van der Waals surface area (Å²) in [4.78, 5) is 13.9. The van der Waals surface area contributed by atoms with E-state index in [4.69, 9.17) is 9.15 Å². The largest absolute Gasteiger partial charge is 0.497 e. The number of hydrogen-bond acceptors (Lipinski definition) is 6. The summed E-state index contributed by atoms with van der Waals surface area (Å²) in [7, 11) is -2.13. The lowest BCUT2D eigenvalue weighted by atomic mass is 10.0. The van der Waals surface area contributed by atoms with Crippen molar-refractivity contribution in [3.63, 3.8) is 0 Å². The Morgan fingerprint density at radius 2 is 1.62 bits per heavy atom. The molecule has 5 rings (SSSR count). The van der Waals surface area contributed by atoms with Crippen molar-refractivity contribution in [2.45, 2.75) is 30.5 Å². The maximum Gasteiger partial charge on any atom is 0.417 e. The van der Waals surface area contributed by atoms with Crippen LogP contribution in [0, 0.1) is 0 Å². The van der Waals surface area contributed by atoms with Gasteiger partial charge in [-0.3, -0.25) is 0 Å². The summed E-state index contributed by atoms with van der Waals surface area (Å²) in [5, 5.41) is -0.202. The fourth-order valence-corrected chi connectivity index (χ4v) is 6.53. The molecule has 11 heteroatoms. The molecular formula is C29H27F3N2O5S. The SMILES string of the molecule is COc1ccc(N2CCN(S(=O)(=O)c3ccc(Cc4ccc5oc(=O)cc(C(F)(F)F)c5c4)cc3)CC2C)cc1. The van der Waals surface area contributed by atoms with Crippen LogP contribution in [0.25, 0.3) is 11.0 Å². The van der Waals surface area contributed by atoms with Crippen molar-refractivity contribution in [2.75, 3.05) is 31.6 Å². The molecule has 2 heterocycles. The molecule has 3 aromatic carbocycles. The Kier molecular flexibility index (Phi) is 7.36. The molecule has 1 unspecified atom stereocenters. The summed E-state index contributed by atoms with van der Waals surface area (Å²) in [6.07, 6.45) is -4.44. The van der Waals surface area contributed by atoms with Crippen LogP contribution in [0.2, 0.25) is 0 Å². The second kappa shape index (κ2) is 10.6. The minimum Gasteiger partial charge on any atom is -0.497 e. The number of benzene rings is 3. The summed E-state index contributed by atoms with van der Waals surface area (Å²) in [6.45, 7) is 3.17. The number of ether oxygens (including phenoxy) is 1. The molecule has 210 valence electrons.